The van der Waals surface area contributed by atoms with Crippen molar-refractivity contribution in [3.63, 3.8) is 0 Å². The van der Waals surface area contributed by atoms with E-state index in [0.29, 0.717) is 0 Å². The lowest BCUT2D eigenvalue weighted by Gasteiger charge is -2.02. The van der Waals surface area contributed by atoms with Crippen LogP contribution in [0.4, 0.5) is 0 Å². The number of aromatic nitrogens is 1. The van der Waals surface area contributed by atoms with Gasteiger partial charge in [0.25, 0.3) is 0 Å². The average Bonchev–Trinajstić information content (AvgIpc) is 2.18. The van der Waals surface area contributed by atoms with Crippen LogP contribution in [0.3, 0.4) is 0 Å². The molecule has 0 fully saturated rings. The molecule has 0 aliphatic carbocycles. The molecule has 0 spiro atoms. The van der Waals surface area contributed by atoms with Crippen molar-refractivity contribution in [1.29, 1.82) is 0 Å². The summed E-state index contributed by atoms with van der Waals surface area (Å²) in [6.07, 6.45) is 6.18. The third-order valence-corrected chi connectivity index (χ3v) is 1.73. The second kappa shape index (κ2) is 8.99. The molecule has 0 aliphatic rings. The zero-order valence-electron chi connectivity index (χ0n) is 8.55. The Hall–Kier alpha value is -0.580. The van der Waals surface area contributed by atoms with Crippen molar-refractivity contribution in [2.24, 2.45) is 5.92 Å². The van der Waals surface area contributed by atoms with Crippen LogP contribution >= 0.6 is 12.3 Å². The lowest BCUT2D eigenvalue weighted by Crippen LogP contribution is -1.91. The van der Waals surface area contributed by atoms with Gasteiger partial charge >= 0.3 is 0 Å². The van der Waals surface area contributed by atoms with E-state index in [9.17, 15) is 0 Å². The fraction of sp³-hybridized carbons (Fsp3) is 0.500. The third kappa shape index (κ3) is 8.04. The SMILES string of the molecule is CC(C)CCc1cccnc1.OSO. The van der Waals surface area contributed by atoms with Crippen molar-refractivity contribution < 1.29 is 9.11 Å². The largest absolute Gasteiger partial charge is 0.307 e. The minimum atomic E-state index is -0.250. The number of pyridine rings is 1. The van der Waals surface area contributed by atoms with Crippen molar-refractivity contribution in [1.82, 2.24) is 4.98 Å². The first-order valence-electron chi connectivity index (χ1n) is 4.54. The molecular formula is C10H17NO2S. The molecule has 0 saturated carbocycles. The second-order valence-electron chi connectivity index (χ2n) is 3.38. The van der Waals surface area contributed by atoms with Gasteiger partial charge in [0.2, 0.25) is 0 Å². The Morgan fingerprint density at radius 1 is 1.43 bits per heavy atom. The van der Waals surface area contributed by atoms with Crippen LogP contribution in [0, 0.1) is 5.92 Å². The molecule has 0 amide bonds. The summed E-state index contributed by atoms with van der Waals surface area (Å²) < 4.78 is 14.1. The van der Waals surface area contributed by atoms with E-state index in [1.165, 1.54) is 12.0 Å². The summed E-state index contributed by atoms with van der Waals surface area (Å²) in [7, 11) is 0. The quantitative estimate of drug-likeness (QED) is 0.759. The maximum Gasteiger partial charge on any atom is 0.152 e. The van der Waals surface area contributed by atoms with Gasteiger partial charge in [-0.25, -0.2) is 0 Å². The Balaban J connectivity index is 0.000000500. The Morgan fingerprint density at radius 2 is 2.07 bits per heavy atom. The average molecular weight is 215 g/mol. The first kappa shape index (κ1) is 13.4. The van der Waals surface area contributed by atoms with E-state index in [0.717, 1.165) is 12.3 Å². The number of hydrogen-bond acceptors (Lipinski definition) is 4. The summed E-state index contributed by atoms with van der Waals surface area (Å²) in [5, 5.41) is 0. The third-order valence-electron chi connectivity index (χ3n) is 1.73. The van der Waals surface area contributed by atoms with Crippen LogP contribution in [-0.2, 0) is 6.42 Å². The summed E-state index contributed by atoms with van der Waals surface area (Å²) in [5.74, 6) is 0.787. The Bertz CT molecular complexity index is 217. The number of nitrogens with zero attached hydrogens (tertiary/aromatic N) is 1. The summed E-state index contributed by atoms with van der Waals surface area (Å²) in [6, 6.07) is 4.13. The molecule has 0 atom stereocenters. The molecule has 0 unspecified atom stereocenters. The van der Waals surface area contributed by atoms with Crippen molar-refractivity contribution in [3.05, 3.63) is 30.1 Å². The second-order valence-corrected chi connectivity index (χ2v) is 3.54. The van der Waals surface area contributed by atoms with Crippen LogP contribution in [0.1, 0.15) is 25.8 Å². The van der Waals surface area contributed by atoms with Gasteiger partial charge in [-0.05, 0) is 30.4 Å². The zero-order valence-corrected chi connectivity index (χ0v) is 9.37. The maximum absolute atomic E-state index is 7.04. The smallest absolute Gasteiger partial charge is 0.152 e. The lowest BCUT2D eigenvalue weighted by atomic mass is 10.0. The molecule has 0 aromatic carbocycles. The summed E-state index contributed by atoms with van der Waals surface area (Å²) in [4.78, 5) is 4.06. The Morgan fingerprint density at radius 3 is 2.50 bits per heavy atom. The van der Waals surface area contributed by atoms with E-state index < -0.39 is 0 Å². The monoisotopic (exact) mass is 215 g/mol. The maximum atomic E-state index is 7.04. The lowest BCUT2D eigenvalue weighted by molar-refractivity contribution is 0.541. The van der Waals surface area contributed by atoms with E-state index >= 15 is 0 Å². The Labute approximate surface area is 89.6 Å². The molecule has 1 aromatic heterocycles. The van der Waals surface area contributed by atoms with Crippen LogP contribution in [0.2, 0.25) is 0 Å². The van der Waals surface area contributed by atoms with E-state index in [4.69, 9.17) is 9.11 Å². The van der Waals surface area contributed by atoms with E-state index in [1.807, 2.05) is 18.5 Å². The van der Waals surface area contributed by atoms with Crippen molar-refractivity contribution in [2.75, 3.05) is 0 Å². The normalized spacial score (nSPS) is 9.50. The fourth-order valence-corrected chi connectivity index (χ4v) is 1.00. The number of rotatable bonds is 3. The highest BCUT2D eigenvalue weighted by Crippen LogP contribution is 2.06. The van der Waals surface area contributed by atoms with Gasteiger partial charge in [0.15, 0.2) is 12.3 Å². The van der Waals surface area contributed by atoms with E-state index in [1.54, 1.807) is 0 Å². The highest BCUT2D eigenvalue weighted by atomic mass is 32.2. The first-order chi connectivity index (χ1) is 6.70. The molecule has 3 nitrogen and oxygen atoms in total. The van der Waals surface area contributed by atoms with Crippen LogP contribution in [0.5, 0.6) is 0 Å². The van der Waals surface area contributed by atoms with Gasteiger partial charge < -0.3 is 9.11 Å². The molecule has 4 heteroatoms. The Kier molecular flexibility index (Phi) is 8.62. The van der Waals surface area contributed by atoms with Gasteiger partial charge in [0.1, 0.15) is 0 Å². The molecular weight excluding hydrogens is 198 g/mol. The highest BCUT2D eigenvalue weighted by Gasteiger charge is 1.95. The van der Waals surface area contributed by atoms with Crippen LogP contribution in [0.15, 0.2) is 24.5 Å². The predicted octanol–water partition coefficient (Wildman–Crippen LogP) is 3.34. The van der Waals surface area contributed by atoms with Gasteiger partial charge in [-0.15, -0.1) is 0 Å². The minimum Gasteiger partial charge on any atom is -0.307 e. The van der Waals surface area contributed by atoms with Crippen LogP contribution in [0.25, 0.3) is 0 Å². The highest BCUT2D eigenvalue weighted by molar-refractivity contribution is 7.87. The molecule has 0 aliphatic heterocycles. The van der Waals surface area contributed by atoms with Crippen molar-refractivity contribution in [3.8, 4) is 0 Å². The minimum absolute atomic E-state index is 0.250. The standard InChI is InChI=1S/C10H15N.H2O2S/c1-9(2)5-6-10-4-3-7-11-8-10;1-3-2/h3-4,7-9H,5-6H2,1-2H3;1-2H. The fourth-order valence-electron chi connectivity index (χ4n) is 1.00. The topological polar surface area (TPSA) is 53.4 Å². The molecule has 0 saturated heterocycles. The molecule has 80 valence electrons. The van der Waals surface area contributed by atoms with Crippen molar-refractivity contribution in [2.45, 2.75) is 26.7 Å². The molecule has 14 heavy (non-hydrogen) atoms. The summed E-state index contributed by atoms with van der Waals surface area (Å²) in [5.41, 5.74) is 1.35. The summed E-state index contributed by atoms with van der Waals surface area (Å²) in [6.45, 7) is 4.49. The van der Waals surface area contributed by atoms with Gasteiger partial charge in [-0.2, -0.15) is 0 Å². The molecule has 2 N–H and O–H groups in total. The predicted molar refractivity (Wildman–Crippen MR) is 60.2 cm³/mol. The zero-order chi connectivity index (χ0) is 10.8. The van der Waals surface area contributed by atoms with Gasteiger partial charge in [0.05, 0.1) is 0 Å². The van der Waals surface area contributed by atoms with Gasteiger partial charge in [-0.3, -0.25) is 4.98 Å². The van der Waals surface area contributed by atoms with Crippen LogP contribution < -0.4 is 0 Å². The molecule has 0 radical (unpaired) electrons. The number of hydrogen-bond donors (Lipinski definition) is 2. The molecule has 1 rings (SSSR count). The van der Waals surface area contributed by atoms with E-state index in [2.05, 4.69) is 24.9 Å². The van der Waals surface area contributed by atoms with Crippen LogP contribution in [-0.4, -0.2) is 14.1 Å². The van der Waals surface area contributed by atoms with Gasteiger partial charge in [0, 0.05) is 12.4 Å². The van der Waals surface area contributed by atoms with Crippen molar-refractivity contribution >= 4 is 12.3 Å². The number of aryl methyl sites for hydroxylation is 1. The molecule has 0 bridgehead atoms. The molecule has 1 aromatic rings. The van der Waals surface area contributed by atoms with E-state index in [-0.39, 0.29) is 12.3 Å². The first-order valence-corrected chi connectivity index (χ1v) is 5.27. The molecule has 1 heterocycles. The van der Waals surface area contributed by atoms with Gasteiger partial charge in [-0.1, -0.05) is 19.9 Å². The summed E-state index contributed by atoms with van der Waals surface area (Å²) >= 11 is -0.250.